The zero-order valence-electron chi connectivity index (χ0n) is 8.70. The van der Waals surface area contributed by atoms with Crippen LogP contribution >= 0.6 is 11.6 Å². The Bertz CT molecular complexity index is 320. The average molecular weight is 230 g/mol. The van der Waals surface area contributed by atoms with Gasteiger partial charge in [-0.2, -0.15) is 0 Å². The number of halogens is 1. The molecule has 4 nitrogen and oxygen atoms in total. The molecule has 0 aliphatic rings. The Kier molecular flexibility index (Phi) is 4.65. The lowest BCUT2D eigenvalue weighted by Gasteiger charge is -2.10. The van der Waals surface area contributed by atoms with E-state index in [1.807, 2.05) is 6.92 Å². The van der Waals surface area contributed by atoms with E-state index in [-0.39, 0.29) is 6.10 Å². The molecule has 1 atom stereocenters. The summed E-state index contributed by atoms with van der Waals surface area (Å²) in [5, 5.41) is 12.9. The second kappa shape index (κ2) is 5.78. The van der Waals surface area contributed by atoms with Crippen LogP contribution in [0.2, 0.25) is 5.02 Å². The van der Waals surface area contributed by atoms with Gasteiger partial charge in [0.2, 0.25) is 0 Å². The first-order valence-electron chi connectivity index (χ1n) is 4.96. The number of nitrogens with one attached hydrogen (secondary N) is 1. The van der Waals surface area contributed by atoms with E-state index in [2.05, 4.69) is 10.3 Å². The zero-order valence-corrected chi connectivity index (χ0v) is 9.46. The van der Waals surface area contributed by atoms with Crippen molar-refractivity contribution >= 4 is 23.1 Å². The minimum atomic E-state index is -0.273. The third kappa shape index (κ3) is 3.93. The average Bonchev–Trinajstić information content (AvgIpc) is 2.21. The van der Waals surface area contributed by atoms with E-state index in [1.54, 1.807) is 12.3 Å². The Balaban J connectivity index is 2.44. The van der Waals surface area contributed by atoms with E-state index < -0.39 is 0 Å². The van der Waals surface area contributed by atoms with Crippen molar-refractivity contribution < 1.29 is 5.11 Å². The normalized spacial score (nSPS) is 12.5. The van der Waals surface area contributed by atoms with E-state index in [4.69, 9.17) is 17.3 Å². The van der Waals surface area contributed by atoms with Crippen LogP contribution in [0.5, 0.6) is 0 Å². The van der Waals surface area contributed by atoms with Crippen LogP contribution < -0.4 is 11.1 Å². The predicted molar refractivity (Wildman–Crippen MR) is 63.1 cm³/mol. The van der Waals surface area contributed by atoms with Gasteiger partial charge in [0.05, 0.1) is 23.0 Å². The lowest BCUT2D eigenvalue weighted by molar-refractivity contribution is 0.164. The van der Waals surface area contributed by atoms with Gasteiger partial charge in [-0.3, -0.25) is 0 Å². The predicted octanol–water partition coefficient (Wildman–Crippen LogP) is 1.89. The molecule has 0 bridgehead atoms. The Morgan fingerprint density at radius 3 is 3.00 bits per heavy atom. The van der Waals surface area contributed by atoms with E-state index >= 15 is 0 Å². The number of pyridine rings is 1. The summed E-state index contributed by atoms with van der Waals surface area (Å²) >= 11 is 5.91. The smallest absolute Gasteiger partial charge is 0.144 e. The van der Waals surface area contributed by atoms with E-state index in [0.717, 1.165) is 6.42 Å². The van der Waals surface area contributed by atoms with Crippen molar-refractivity contribution in [3.63, 3.8) is 0 Å². The summed E-state index contributed by atoms with van der Waals surface area (Å²) in [5.41, 5.74) is 6.05. The van der Waals surface area contributed by atoms with Crippen molar-refractivity contribution in [3.8, 4) is 0 Å². The molecule has 0 aromatic carbocycles. The van der Waals surface area contributed by atoms with Gasteiger partial charge in [0.25, 0.3) is 0 Å². The Hall–Kier alpha value is -1.00. The monoisotopic (exact) mass is 229 g/mol. The van der Waals surface area contributed by atoms with Crippen LogP contribution in [0.15, 0.2) is 12.3 Å². The summed E-state index contributed by atoms with van der Waals surface area (Å²) in [6, 6.07) is 1.65. The number of nitrogen functional groups attached to an aromatic ring is 1. The highest BCUT2D eigenvalue weighted by Crippen LogP contribution is 2.20. The molecule has 1 rings (SSSR count). The number of aliphatic hydroxyl groups is 1. The summed E-state index contributed by atoms with van der Waals surface area (Å²) in [6.07, 6.45) is 2.71. The molecule has 1 unspecified atom stereocenters. The number of nitrogens with zero attached hydrogens (tertiary/aromatic N) is 1. The molecule has 0 spiro atoms. The van der Waals surface area contributed by atoms with Gasteiger partial charge in [0.1, 0.15) is 5.82 Å². The Morgan fingerprint density at radius 2 is 2.40 bits per heavy atom. The maximum atomic E-state index is 9.34. The van der Waals surface area contributed by atoms with Gasteiger partial charge in [0.15, 0.2) is 0 Å². The van der Waals surface area contributed by atoms with Crippen molar-refractivity contribution in [2.24, 2.45) is 0 Å². The SMILES string of the molecule is CCC(O)CCNc1ncc(N)cc1Cl. The van der Waals surface area contributed by atoms with Gasteiger partial charge >= 0.3 is 0 Å². The fraction of sp³-hybridized carbons (Fsp3) is 0.500. The van der Waals surface area contributed by atoms with E-state index in [1.165, 1.54) is 0 Å². The largest absolute Gasteiger partial charge is 0.397 e. The van der Waals surface area contributed by atoms with Crippen LogP contribution in [-0.4, -0.2) is 22.7 Å². The molecule has 0 aliphatic heterocycles. The third-order valence-electron chi connectivity index (χ3n) is 2.10. The quantitative estimate of drug-likeness (QED) is 0.721. The second-order valence-corrected chi connectivity index (χ2v) is 3.78. The maximum absolute atomic E-state index is 9.34. The molecular weight excluding hydrogens is 214 g/mol. The molecule has 0 radical (unpaired) electrons. The highest BCUT2D eigenvalue weighted by molar-refractivity contribution is 6.33. The Labute approximate surface area is 94.5 Å². The maximum Gasteiger partial charge on any atom is 0.144 e. The molecule has 1 heterocycles. The summed E-state index contributed by atoms with van der Waals surface area (Å²) in [6.45, 7) is 2.59. The van der Waals surface area contributed by atoms with Gasteiger partial charge < -0.3 is 16.2 Å². The van der Waals surface area contributed by atoms with Crippen LogP contribution in [0, 0.1) is 0 Å². The van der Waals surface area contributed by atoms with Crippen molar-refractivity contribution in [2.45, 2.75) is 25.9 Å². The second-order valence-electron chi connectivity index (χ2n) is 3.38. The highest BCUT2D eigenvalue weighted by Gasteiger charge is 2.03. The third-order valence-corrected chi connectivity index (χ3v) is 2.39. The summed E-state index contributed by atoms with van der Waals surface area (Å²) in [7, 11) is 0. The summed E-state index contributed by atoms with van der Waals surface area (Å²) in [5.74, 6) is 0.606. The first kappa shape index (κ1) is 12.1. The topological polar surface area (TPSA) is 71.2 Å². The number of aromatic nitrogens is 1. The molecule has 0 aliphatic carbocycles. The molecule has 1 aromatic heterocycles. The van der Waals surface area contributed by atoms with Crippen molar-refractivity contribution in [1.82, 2.24) is 4.98 Å². The molecular formula is C10H16ClN3O. The number of anilines is 2. The van der Waals surface area contributed by atoms with Crippen LogP contribution in [0.4, 0.5) is 11.5 Å². The number of aliphatic hydroxyl groups excluding tert-OH is 1. The van der Waals surface area contributed by atoms with Crippen LogP contribution in [0.1, 0.15) is 19.8 Å². The van der Waals surface area contributed by atoms with Crippen LogP contribution in [-0.2, 0) is 0 Å². The molecule has 0 amide bonds. The van der Waals surface area contributed by atoms with Gasteiger partial charge in [-0.05, 0) is 18.9 Å². The fourth-order valence-electron chi connectivity index (χ4n) is 1.14. The highest BCUT2D eigenvalue weighted by atomic mass is 35.5. The van der Waals surface area contributed by atoms with E-state index in [9.17, 15) is 5.11 Å². The fourth-order valence-corrected chi connectivity index (χ4v) is 1.39. The Morgan fingerprint density at radius 1 is 1.67 bits per heavy atom. The molecule has 1 aromatic rings. The minimum Gasteiger partial charge on any atom is -0.397 e. The molecule has 0 saturated carbocycles. The van der Waals surface area contributed by atoms with Crippen molar-refractivity contribution in [1.29, 1.82) is 0 Å². The first-order valence-corrected chi connectivity index (χ1v) is 5.34. The van der Waals surface area contributed by atoms with Crippen molar-refractivity contribution in [2.75, 3.05) is 17.6 Å². The lowest BCUT2D eigenvalue weighted by atomic mass is 10.2. The summed E-state index contributed by atoms with van der Waals surface area (Å²) in [4.78, 5) is 4.05. The van der Waals surface area contributed by atoms with Gasteiger partial charge in [-0.15, -0.1) is 0 Å². The van der Waals surface area contributed by atoms with Crippen LogP contribution in [0.3, 0.4) is 0 Å². The molecule has 4 N–H and O–H groups in total. The van der Waals surface area contributed by atoms with Gasteiger partial charge in [0, 0.05) is 6.54 Å². The van der Waals surface area contributed by atoms with Gasteiger partial charge in [-0.25, -0.2) is 4.98 Å². The molecule has 84 valence electrons. The summed E-state index contributed by atoms with van der Waals surface area (Å²) < 4.78 is 0. The standard InChI is InChI=1S/C10H16ClN3O/c1-2-8(15)3-4-13-10-9(11)5-7(12)6-14-10/h5-6,8,15H,2-4,12H2,1H3,(H,13,14). The van der Waals surface area contributed by atoms with Crippen LogP contribution in [0.25, 0.3) is 0 Å². The van der Waals surface area contributed by atoms with Crippen molar-refractivity contribution in [3.05, 3.63) is 17.3 Å². The molecule has 15 heavy (non-hydrogen) atoms. The molecule has 0 fully saturated rings. The number of nitrogens with two attached hydrogens (primary N) is 1. The molecule has 5 heteroatoms. The number of hydrogen-bond donors (Lipinski definition) is 3. The molecule has 0 saturated heterocycles. The van der Waals surface area contributed by atoms with E-state index in [0.29, 0.717) is 29.5 Å². The lowest BCUT2D eigenvalue weighted by Crippen LogP contribution is -2.13. The van der Waals surface area contributed by atoms with Gasteiger partial charge in [-0.1, -0.05) is 18.5 Å². The number of hydrogen-bond acceptors (Lipinski definition) is 4. The number of rotatable bonds is 5. The minimum absolute atomic E-state index is 0.273. The zero-order chi connectivity index (χ0) is 11.3. The first-order chi connectivity index (χ1) is 7.13.